The van der Waals surface area contributed by atoms with E-state index in [9.17, 15) is 14.4 Å². The monoisotopic (exact) mass is 511 g/mol. The van der Waals surface area contributed by atoms with E-state index in [2.05, 4.69) is 10.6 Å². The Balaban J connectivity index is 1.50. The highest BCUT2D eigenvalue weighted by molar-refractivity contribution is 6.17. The maximum atomic E-state index is 14.6. The van der Waals surface area contributed by atoms with Crippen molar-refractivity contribution in [1.29, 1.82) is 0 Å². The minimum absolute atomic E-state index is 0.240. The highest BCUT2D eigenvalue weighted by Crippen LogP contribution is 2.57. The zero-order valence-corrected chi connectivity index (χ0v) is 21.0. The van der Waals surface area contributed by atoms with E-state index in [0.717, 1.165) is 16.8 Å². The first kappa shape index (κ1) is 23.2. The SMILES string of the molecule is O=C(Nc1ccccc1)[C@H]1[C@H](C(=O)c2ccccc2)[C@@]2(C(=O)Nc3ccccc32)[C@@H]2C=Cc3ccccc3N21. The van der Waals surface area contributed by atoms with Gasteiger partial charge in [-0.1, -0.05) is 97.1 Å². The second-order valence-corrected chi connectivity index (χ2v) is 10.1. The number of benzene rings is 4. The predicted octanol–water partition coefficient (Wildman–Crippen LogP) is 5.30. The molecule has 4 atom stereocenters. The summed E-state index contributed by atoms with van der Waals surface area (Å²) in [5.74, 6) is -1.84. The van der Waals surface area contributed by atoms with Crippen LogP contribution in [0.3, 0.4) is 0 Å². The minimum atomic E-state index is -1.31. The van der Waals surface area contributed by atoms with Crippen molar-refractivity contribution in [2.45, 2.75) is 17.5 Å². The van der Waals surface area contributed by atoms with Crippen LogP contribution in [-0.4, -0.2) is 29.7 Å². The molecule has 6 heteroatoms. The summed E-state index contributed by atoms with van der Waals surface area (Å²) in [5, 5.41) is 6.09. The van der Waals surface area contributed by atoms with Crippen molar-refractivity contribution < 1.29 is 14.4 Å². The van der Waals surface area contributed by atoms with Gasteiger partial charge in [0.15, 0.2) is 5.78 Å². The van der Waals surface area contributed by atoms with Gasteiger partial charge >= 0.3 is 0 Å². The predicted molar refractivity (Wildman–Crippen MR) is 152 cm³/mol. The van der Waals surface area contributed by atoms with Crippen molar-refractivity contribution in [3.05, 3.63) is 132 Å². The van der Waals surface area contributed by atoms with Gasteiger partial charge in [0.05, 0.1) is 12.0 Å². The van der Waals surface area contributed by atoms with E-state index in [1.165, 1.54) is 0 Å². The summed E-state index contributed by atoms with van der Waals surface area (Å²) in [6, 6.07) is 32.0. The van der Waals surface area contributed by atoms with Crippen LogP contribution in [0.5, 0.6) is 0 Å². The van der Waals surface area contributed by atoms with Crippen LogP contribution in [0.15, 0.2) is 115 Å². The fourth-order valence-electron chi connectivity index (χ4n) is 6.64. The molecule has 3 aliphatic rings. The van der Waals surface area contributed by atoms with E-state index >= 15 is 0 Å². The maximum absolute atomic E-state index is 14.6. The molecule has 39 heavy (non-hydrogen) atoms. The van der Waals surface area contributed by atoms with Gasteiger partial charge in [-0.3, -0.25) is 14.4 Å². The third-order valence-electron chi connectivity index (χ3n) is 8.19. The topological polar surface area (TPSA) is 78.5 Å². The normalized spacial score (nSPS) is 24.1. The van der Waals surface area contributed by atoms with E-state index in [1.54, 1.807) is 24.3 Å². The number of Topliss-reactive ketones (excluding diaryl/α,β-unsaturated/α-hetero) is 1. The van der Waals surface area contributed by atoms with Crippen LogP contribution in [0.2, 0.25) is 0 Å². The summed E-state index contributed by atoms with van der Waals surface area (Å²) in [6.07, 6.45) is 3.97. The zero-order valence-electron chi connectivity index (χ0n) is 21.0. The smallest absolute Gasteiger partial charge is 0.247 e. The number of amides is 2. The Morgan fingerprint density at radius 3 is 2.26 bits per heavy atom. The van der Waals surface area contributed by atoms with Crippen molar-refractivity contribution in [3.8, 4) is 0 Å². The van der Waals surface area contributed by atoms with Crippen LogP contribution >= 0.6 is 0 Å². The highest BCUT2D eigenvalue weighted by atomic mass is 16.2. The molecule has 0 bridgehead atoms. The molecule has 0 aromatic heterocycles. The molecule has 2 N–H and O–H groups in total. The van der Waals surface area contributed by atoms with Crippen LogP contribution < -0.4 is 15.5 Å². The Hall–Kier alpha value is -4.97. The number of carbonyl (C=O) groups is 3. The van der Waals surface area contributed by atoms with Gasteiger partial charge in [0, 0.05) is 22.6 Å². The molecule has 4 aromatic rings. The number of anilines is 3. The van der Waals surface area contributed by atoms with Crippen LogP contribution in [0.25, 0.3) is 6.08 Å². The quantitative estimate of drug-likeness (QED) is 0.365. The summed E-state index contributed by atoms with van der Waals surface area (Å²) in [6.45, 7) is 0. The van der Waals surface area contributed by atoms with Gasteiger partial charge in [-0.05, 0) is 35.4 Å². The van der Waals surface area contributed by atoms with Crippen LogP contribution in [0.1, 0.15) is 21.5 Å². The van der Waals surface area contributed by atoms with E-state index in [-0.39, 0.29) is 17.6 Å². The van der Waals surface area contributed by atoms with Gasteiger partial charge in [0.2, 0.25) is 11.8 Å². The second kappa shape index (κ2) is 8.81. The number of fused-ring (bicyclic) bond motifs is 6. The third kappa shape index (κ3) is 3.31. The third-order valence-corrected chi connectivity index (χ3v) is 8.19. The molecule has 0 aliphatic carbocycles. The minimum Gasteiger partial charge on any atom is -0.350 e. The molecule has 2 amide bonds. The fraction of sp³-hybridized carbons (Fsp3) is 0.121. The Kier molecular flexibility index (Phi) is 5.23. The van der Waals surface area contributed by atoms with Crippen molar-refractivity contribution in [1.82, 2.24) is 0 Å². The van der Waals surface area contributed by atoms with Gasteiger partial charge in [-0.15, -0.1) is 0 Å². The number of nitrogens with zero attached hydrogens (tertiary/aromatic N) is 1. The molecule has 3 heterocycles. The molecule has 1 fully saturated rings. The van der Waals surface area contributed by atoms with Gasteiger partial charge in [-0.25, -0.2) is 0 Å². The van der Waals surface area contributed by atoms with Gasteiger partial charge in [-0.2, -0.15) is 0 Å². The standard InChI is InChI=1S/C33H25N3O3/c37-30(22-12-3-1-4-13-22)28-29(31(38)34-23-14-5-2-6-15-23)36-26-18-10-7-11-21(26)19-20-27(36)33(28)24-16-8-9-17-25(24)35-32(33)39/h1-20,27-29H,(H,34,38)(H,35,39)/t27-,28+,29+,33-/m0/s1. The van der Waals surface area contributed by atoms with Crippen LogP contribution in [0.4, 0.5) is 17.1 Å². The molecule has 3 aliphatic heterocycles. The average molecular weight is 512 g/mol. The molecular weight excluding hydrogens is 486 g/mol. The van der Waals surface area contributed by atoms with Crippen molar-refractivity contribution in [2.75, 3.05) is 15.5 Å². The summed E-state index contributed by atoms with van der Waals surface area (Å²) < 4.78 is 0. The second-order valence-electron chi connectivity index (χ2n) is 10.1. The first-order chi connectivity index (χ1) is 19.1. The lowest BCUT2D eigenvalue weighted by atomic mass is 9.64. The van der Waals surface area contributed by atoms with Crippen LogP contribution in [-0.2, 0) is 15.0 Å². The summed E-state index contributed by atoms with van der Waals surface area (Å²) in [7, 11) is 0. The Bertz CT molecular complexity index is 1650. The maximum Gasteiger partial charge on any atom is 0.247 e. The first-order valence-electron chi connectivity index (χ1n) is 13.0. The highest BCUT2D eigenvalue weighted by Gasteiger charge is 2.70. The number of ketones is 1. The van der Waals surface area contributed by atoms with Gasteiger partial charge in [0.25, 0.3) is 0 Å². The molecule has 190 valence electrons. The van der Waals surface area contributed by atoms with Gasteiger partial charge < -0.3 is 15.5 Å². The van der Waals surface area contributed by atoms with Crippen molar-refractivity contribution >= 4 is 40.7 Å². The lowest BCUT2D eigenvalue weighted by Gasteiger charge is -2.37. The fourth-order valence-corrected chi connectivity index (χ4v) is 6.64. The lowest BCUT2D eigenvalue weighted by Crippen LogP contribution is -2.51. The largest absolute Gasteiger partial charge is 0.350 e. The van der Waals surface area contributed by atoms with Crippen molar-refractivity contribution in [3.63, 3.8) is 0 Å². The zero-order chi connectivity index (χ0) is 26.6. The van der Waals surface area contributed by atoms with E-state index < -0.39 is 23.4 Å². The Morgan fingerprint density at radius 1 is 0.795 bits per heavy atom. The lowest BCUT2D eigenvalue weighted by molar-refractivity contribution is -0.122. The first-order valence-corrected chi connectivity index (χ1v) is 13.0. The number of rotatable bonds is 4. The Labute approximate surface area is 226 Å². The molecular formula is C33H25N3O3. The average Bonchev–Trinajstić information content (AvgIpc) is 3.46. The number of nitrogens with one attached hydrogen (secondary N) is 2. The molecule has 1 saturated heterocycles. The number of para-hydroxylation sites is 3. The Morgan fingerprint density at radius 2 is 1.46 bits per heavy atom. The summed E-state index contributed by atoms with van der Waals surface area (Å²) in [4.78, 5) is 45.1. The van der Waals surface area contributed by atoms with Gasteiger partial charge in [0.1, 0.15) is 11.5 Å². The van der Waals surface area contributed by atoms with E-state index in [0.29, 0.717) is 16.9 Å². The summed E-state index contributed by atoms with van der Waals surface area (Å²) in [5.41, 5.74) is 2.94. The number of hydrogen-bond donors (Lipinski definition) is 2. The molecule has 0 radical (unpaired) electrons. The van der Waals surface area contributed by atoms with E-state index in [1.807, 2.05) is 102 Å². The molecule has 6 nitrogen and oxygen atoms in total. The van der Waals surface area contributed by atoms with Crippen molar-refractivity contribution in [2.24, 2.45) is 5.92 Å². The van der Waals surface area contributed by atoms with Crippen LogP contribution in [0, 0.1) is 5.92 Å². The number of carbonyl (C=O) groups excluding carboxylic acids is 3. The molecule has 1 spiro atoms. The summed E-state index contributed by atoms with van der Waals surface area (Å²) >= 11 is 0. The molecule has 0 saturated carbocycles. The molecule has 4 aromatic carbocycles. The molecule has 7 rings (SSSR count). The molecule has 0 unspecified atom stereocenters. The van der Waals surface area contributed by atoms with E-state index in [4.69, 9.17) is 0 Å². The number of hydrogen-bond acceptors (Lipinski definition) is 4.